The number of benzene rings is 1. The summed E-state index contributed by atoms with van der Waals surface area (Å²) >= 11 is 0. The molecule has 126 valence electrons. The van der Waals surface area contributed by atoms with Gasteiger partial charge in [0.1, 0.15) is 0 Å². The number of aromatic nitrogens is 2. The Balaban J connectivity index is 0.00000264. The number of nitrogens with one attached hydrogen (secondary N) is 2. The van der Waals surface area contributed by atoms with Crippen LogP contribution in [0.2, 0.25) is 0 Å². The van der Waals surface area contributed by atoms with Crippen molar-refractivity contribution in [3.63, 3.8) is 0 Å². The van der Waals surface area contributed by atoms with Crippen LogP contribution in [0.3, 0.4) is 0 Å². The zero-order valence-corrected chi connectivity index (χ0v) is 14.7. The lowest BCUT2D eigenvalue weighted by Gasteiger charge is -2.07. The van der Waals surface area contributed by atoms with Crippen molar-refractivity contribution < 1.29 is 4.79 Å². The largest absolute Gasteiger partial charge is 0.352 e. The standard InChI is InChI=1S/C17H24N4O.ClH/c1-13-16(12-19-17(22)10-7-11-18-3)14(2)21(20-13)15-8-5-4-6-9-15;/h4-6,8-9,18H,7,10-12H2,1-3H3,(H,19,22);1H. The third-order valence-corrected chi connectivity index (χ3v) is 3.73. The summed E-state index contributed by atoms with van der Waals surface area (Å²) in [7, 11) is 1.89. The van der Waals surface area contributed by atoms with E-state index in [1.807, 2.05) is 55.9 Å². The van der Waals surface area contributed by atoms with Crippen LogP contribution in [-0.4, -0.2) is 29.3 Å². The molecule has 0 saturated carbocycles. The maximum Gasteiger partial charge on any atom is 0.220 e. The highest BCUT2D eigenvalue weighted by Crippen LogP contribution is 2.17. The molecule has 0 radical (unpaired) electrons. The van der Waals surface area contributed by atoms with Crippen LogP contribution in [0.1, 0.15) is 29.8 Å². The molecule has 1 amide bonds. The van der Waals surface area contributed by atoms with E-state index >= 15 is 0 Å². The van der Waals surface area contributed by atoms with Gasteiger partial charge < -0.3 is 10.6 Å². The van der Waals surface area contributed by atoms with Gasteiger partial charge in [0.25, 0.3) is 0 Å². The molecule has 0 aliphatic heterocycles. The van der Waals surface area contributed by atoms with Crippen LogP contribution in [-0.2, 0) is 11.3 Å². The molecular formula is C17H25ClN4O. The molecule has 6 heteroatoms. The number of para-hydroxylation sites is 1. The summed E-state index contributed by atoms with van der Waals surface area (Å²) in [5.41, 5.74) is 4.15. The molecule has 0 aliphatic carbocycles. The fourth-order valence-electron chi connectivity index (χ4n) is 2.45. The molecule has 0 saturated heterocycles. The second-order valence-electron chi connectivity index (χ2n) is 5.38. The van der Waals surface area contributed by atoms with Gasteiger partial charge in [0.2, 0.25) is 5.91 Å². The van der Waals surface area contributed by atoms with Crippen LogP contribution in [0.4, 0.5) is 0 Å². The molecule has 0 spiro atoms. The lowest BCUT2D eigenvalue weighted by Crippen LogP contribution is -2.24. The minimum absolute atomic E-state index is 0. The number of amides is 1. The predicted molar refractivity (Wildman–Crippen MR) is 95.3 cm³/mol. The molecule has 1 aromatic heterocycles. The summed E-state index contributed by atoms with van der Waals surface area (Å²) in [4.78, 5) is 11.8. The number of hydrogen-bond acceptors (Lipinski definition) is 3. The third kappa shape index (κ3) is 5.08. The van der Waals surface area contributed by atoms with Crippen molar-refractivity contribution in [1.82, 2.24) is 20.4 Å². The Bertz CT molecular complexity index is 625. The zero-order valence-electron chi connectivity index (χ0n) is 13.9. The molecule has 2 rings (SSSR count). The SMILES string of the molecule is CNCCCC(=O)NCc1c(C)nn(-c2ccccc2)c1C.Cl. The number of carbonyl (C=O) groups is 1. The van der Waals surface area contributed by atoms with Gasteiger partial charge >= 0.3 is 0 Å². The fraction of sp³-hybridized carbons (Fsp3) is 0.412. The fourth-order valence-corrected chi connectivity index (χ4v) is 2.45. The van der Waals surface area contributed by atoms with Crippen molar-refractivity contribution in [1.29, 1.82) is 0 Å². The average Bonchev–Trinajstić information content (AvgIpc) is 2.81. The number of nitrogens with zero attached hydrogens (tertiary/aromatic N) is 2. The second-order valence-corrected chi connectivity index (χ2v) is 5.38. The van der Waals surface area contributed by atoms with Crippen molar-refractivity contribution >= 4 is 18.3 Å². The first-order chi connectivity index (χ1) is 10.6. The molecule has 1 aromatic carbocycles. The molecule has 0 bridgehead atoms. The van der Waals surface area contributed by atoms with E-state index in [-0.39, 0.29) is 18.3 Å². The van der Waals surface area contributed by atoms with E-state index in [0.29, 0.717) is 13.0 Å². The topological polar surface area (TPSA) is 59.0 Å². The van der Waals surface area contributed by atoms with Gasteiger partial charge in [-0.05, 0) is 46.0 Å². The van der Waals surface area contributed by atoms with Crippen LogP contribution in [0, 0.1) is 13.8 Å². The molecule has 0 unspecified atom stereocenters. The lowest BCUT2D eigenvalue weighted by molar-refractivity contribution is -0.121. The molecule has 2 aromatic rings. The van der Waals surface area contributed by atoms with Crippen molar-refractivity contribution in [2.45, 2.75) is 33.2 Å². The van der Waals surface area contributed by atoms with Crippen molar-refractivity contribution in [3.05, 3.63) is 47.3 Å². The Hall–Kier alpha value is -1.85. The van der Waals surface area contributed by atoms with E-state index in [4.69, 9.17) is 0 Å². The molecule has 2 N–H and O–H groups in total. The van der Waals surface area contributed by atoms with Crippen LogP contribution < -0.4 is 10.6 Å². The first-order valence-corrected chi connectivity index (χ1v) is 7.65. The van der Waals surface area contributed by atoms with E-state index in [9.17, 15) is 4.79 Å². The van der Waals surface area contributed by atoms with E-state index in [2.05, 4.69) is 15.7 Å². The van der Waals surface area contributed by atoms with Gasteiger partial charge in [-0.15, -0.1) is 12.4 Å². The van der Waals surface area contributed by atoms with Crippen LogP contribution in [0.15, 0.2) is 30.3 Å². The molecule has 0 aliphatic rings. The predicted octanol–water partition coefficient (Wildman–Crippen LogP) is 2.53. The van der Waals surface area contributed by atoms with E-state index in [0.717, 1.165) is 35.6 Å². The summed E-state index contributed by atoms with van der Waals surface area (Å²) in [5, 5.41) is 10.6. The number of rotatable bonds is 7. The minimum Gasteiger partial charge on any atom is -0.352 e. The highest BCUT2D eigenvalue weighted by Gasteiger charge is 2.13. The summed E-state index contributed by atoms with van der Waals surface area (Å²) < 4.78 is 1.93. The van der Waals surface area contributed by atoms with Gasteiger partial charge in [-0.1, -0.05) is 18.2 Å². The maximum atomic E-state index is 11.8. The summed E-state index contributed by atoms with van der Waals surface area (Å²) in [5.74, 6) is 0.0847. The molecular weight excluding hydrogens is 312 g/mol. The zero-order chi connectivity index (χ0) is 15.9. The van der Waals surface area contributed by atoms with E-state index in [1.54, 1.807) is 0 Å². The Morgan fingerprint density at radius 2 is 1.91 bits per heavy atom. The quantitative estimate of drug-likeness (QED) is 0.764. The summed E-state index contributed by atoms with van der Waals surface area (Å²) in [6.45, 7) is 5.41. The second kappa shape index (κ2) is 9.33. The number of carbonyl (C=O) groups excluding carboxylic acids is 1. The van der Waals surface area contributed by atoms with E-state index in [1.165, 1.54) is 0 Å². The van der Waals surface area contributed by atoms with E-state index < -0.39 is 0 Å². The number of hydrogen-bond donors (Lipinski definition) is 2. The molecule has 0 fully saturated rings. The lowest BCUT2D eigenvalue weighted by atomic mass is 10.2. The third-order valence-electron chi connectivity index (χ3n) is 3.73. The maximum absolute atomic E-state index is 11.8. The van der Waals surface area contributed by atoms with Gasteiger partial charge in [-0.25, -0.2) is 4.68 Å². The Morgan fingerprint density at radius 1 is 1.22 bits per heavy atom. The molecule has 1 heterocycles. The first kappa shape index (κ1) is 19.2. The van der Waals surface area contributed by atoms with Gasteiger partial charge in [-0.2, -0.15) is 5.10 Å². The van der Waals surface area contributed by atoms with Crippen LogP contribution in [0.25, 0.3) is 5.69 Å². The van der Waals surface area contributed by atoms with Crippen LogP contribution in [0.5, 0.6) is 0 Å². The number of halogens is 1. The van der Waals surface area contributed by atoms with Gasteiger partial charge in [-0.3, -0.25) is 4.79 Å². The number of aryl methyl sites for hydroxylation is 1. The molecule has 0 atom stereocenters. The van der Waals surface area contributed by atoms with Crippen LogP contribution >= 0.6 is 12.4 Å². The molecule has 23 heavy (non-hydrogen) atoms. The summed E-state index contributed by atoms with van der Waals surface area (Å²) in [6, 6.07) is 10.0. The van der Waals surface area contributed by atoms with Crippen molar-refractivity contribution in [2.75, 3.05) is 13.6 Å². The molecule has 5 nitrogen and oxygen atoms in total. The van der Waals surface area contributed by atoms with Gasteiger partial charge in [0.05, 0.1) is 11.4 Å². The summed E-state index contributed by atoms with van der Waals surface area (Å²) in [6.07, 6.45) is 1.40. The minimum atomic E-state index is 0. The normalized spacial score (nSPS) is 10.2. The highest BCUT2D eigenvalue weighted by molar-refractivity contribution is 5.85. The van der Waals surface area contributed by atoms with Crippen molar-refractivity contribution in [2.24, 2.45) is 0 Å². The average molecular weight is 337 g/mol. The highest BCUT2D eigenvalue weighted by atomic mass is 35.5. The Morgan fingerprint density at radius 3 is 2.57 bits per heavy atom. The van der Waals surface area contributed by atoms with Crippen molar-refractivity contribution in [3.8, 4) is 5.69 Å². The monoisotopic (exact) mass is 336 g/mol. The Kier molecular flexibility index (Phi) is 7.78. The van der Waals surface area contributed by atoms with Gasteiger partial charge in [0, 0.05) is 24.2 Å². The first-order valence-electron chi connectivity index (χ1n) is 7.65. The smallest absolute Gasteiger partial charge is 0.220 e. The Labute approximate surface area is 143 Å². The van der Waals surface area contributed by atoms with Gasteiger partial charge in [0.15, 0.2) is 0 Å².